The predicted octanol–water partition coefficient (Wildman–Crippen LogP) is 2.20. The average molecular weight is 357 g/mol. The van der Waals surface area contributed by atoms with E-state index in [4.69, 9.17) is 8.94 Å². The molecular formula is C19H23N3O4. The number of fused-ring (bicyclic) bond motifs is 1. The minimum absolute atomic E-state index is 0.0738. The summed E-state index contributed by atoms with van der Waals surface area (Å²) in [5.74, 6) is 1.62. The molecule has 7 heteroatoms. The second kappa shape index (κ2) is 6.63. The van der Waals surface area contributed by atoms with Gasteiger partial charge in [0, 0.05) is 25.6 Å². The van der Waals surface area contributed by atoms with Crippen LogP contribution in [-0.2, 0) is 17.6 Å². The maximum absolute atomic E-state index is 13.0. The topological polar surface area (TPSA) is 88.6 Å². The molecular weight excluding hydrogens is 334 g/mol. The van der Waals surface area contributed by atoms with Gasteiger partial charge in [0.15, 0.2) is 0 Å². The van der Waals surface area contributed by atoms with Gasteiger partial charge in [0.05, 0.1) is 17.7 Å². The average Bonchev–Trinajstić information content (AvgIpc) is 3.31. The van der Waals surface area contributed by atoms with Crippen LogP contribution in [0.5, 0.6) is 0 Å². The Hall–Kier alpha value is -2.57. The fourth-order valence-electron chi connectivity index (χ4n) is 4.02. The highest BCUT2D eigenvalue weighted by molar-refractivity contribution is 5.93. The number of carbonyl (C=O) groups excluding carboxylic acids is 2. The number of hydrogen-bond donors (Lipinski definition) is 1. The van der Waals surface area contributed by atoms with Crippen molar-refractivity contribution in [1.82, 2.24) is 15.4 Å². The van der Waals surface area contributed by atoms with E-state index in [1.807, 2.05) is 19.1 Å². The first-order chi connectivity index (χ1) is 12.5. The number of nitrogens with one attached hydrogen (secondary N) is 1. The fourth-order valence-corrected chi connectivity index (χ4v) is 4.02. The second-order valence-electron chi connectivity index (χ2n) is 7.22. The highest BCUT2D eigenvalue weighted by Crippen LogP contribution is 2.32. The summed E-state index contributed by atoms with van der Waals surface area (Å²) in [6, 6.07) is 3.64. The summed E-state index contributed by atoms with van der Waals surface area (Å²) in [6.07, 6.45) is 3.84. The van der Waals surface area contributed by atoms with Crippen LogP contribution in [0.15, 0.2) is 21.1 Å². The molecule has 138 valence electrons. The first-order valence-electron chi connectivity index (χ1n) is 9.13. The van der Waals surface area contributed by atoms with Gasteiger partial charge in [0.25, 0.3) is 5.91 Å². The molecule has 4 rings (SSSR count). The summed E-state index contributed by atoms with van der Waals surface area (Å²) in [6.45, 7) is 4.28. The summed E-state index contributed by atoms with van der Waals surface area (Å²) < 4.78 is 11.2. The molecule has 26 heavy (non-hydrogen) atoms. The molecule has 2 amide bonds. The van der Waals surface area contributed by atoms with Crippen molar-refractivity contribution in [3.8, 4) is 0 Å². The number of hydrogen-bond acceptors (Lipinski definition) is 5. The lowest BCUT2D eigenvalue weighted by Gasteiger charge is -2.17. The van der Waals surface area contributed by atoms with Crippen LogP contribution < -0.4 is 5.32 Å². The van der Waals surface area contributed by atoms with Gasteiger partial charge in [-0.3, -0.25) is 9.59 Å². The third kappa shape index (κ3) is 3.02. The van der Waals surface area contributed by atoms with Crippen LogP contribution in [0, 0.1) is 6.92 Å². The third-order valence-corrected chi connectivity index (χ3v) is 5.28. The van der Waals surface area contributed by atoms with Crippen molar-refractivity contribution in [1.29, 1.82) is 0 Å². The monoisotopic (exact) mass is 357 g/mol. The lowest BCUT2D eigenvalue weighted by Crippen LogP contribution is -2.39. The van der Waals surface area contributed by atoms with E-state index in [0.717, 1.165) is 48.5 Å². The van der Waals surface area contributed by atoms with E-state index < -0.39 is 0 Å². The molecule has 1 N–H and O–H groups in total. The zero-order chi connectivity index (χ0) is 18.3. The van der Waals surface area contributed by atoms with E-state index in [9.17, 15) is 9.59 Å². The molecule has 1 aliphatic heterocycles. The summed E-state index contributed by atoms with van der Waals surface area (Å²) in [5.41, 5.74) is 1.87. The minimum Gasteiger partial charge on any atom is -0.466 e. The van der Waals surface area contributed by atoms with Crippen LogP contribution in [0.2, 0.25) is 0 Å². The maximum Gasteiger partial charge on any atom is 0.292 e. The molecule has 2 aromatic rings. The number of carbonyl (C=O) groups is 2. The first-order valence-corrected chi connectivity index (χ1v) is 9.13. The van der Waals surface area contributed by atoms with Crippen LogP contribution in [0.25, 0.3) is 0 Å². The fraction of sp³-hybridized carbons (Fsp3) is 0.526. The highest BCUT2D eigenvalue weighted by atomic mass is 16.5. The molecule has 1 aliphatic carbocycles. The molecule has 1 fully saturated rings. The molecule has 0 radical (unpaired) electrons. The van der Waals surface area contributed by atoms with Gasteiger partial charge in [0.1, 0.15) is 11.5 Å². The van der Waals surface area contributed by atoms with E-state index in [-0.39, 0.29) is 23.8 Å². The van der Waals surface area contributed by atoms with Crippen LogP contribution in [0.4, 0.5) is 0 Å². The zero-order valence-corrected chi connectivity index (χ0v) is 15.1. The molecule has 2 aliphatic rings. The third-order valence-electron chi connectivity index (χ3n) is 5.28. The van der Waals surface area contributed by atoms with Crippen LogP contribution in [0.1, 0.15) is 59.0 Å². The van der Waals surface area contributed by atoms with E-state index in [1.54, 1.807) is 4.90 Å². The normalized spacial score (nSPS) is 22.3. The Balaban J connectivity index is 1.58. The van der Waals surface area contributed by atoms with Crippen molar-refractivity contribution in [2.24, 2.45) is 0 Å². The van der Waals surface area contributed by atoms with Crippen LogP contribution in [0.3, 0.4) is 0 Å². The molecule has 2 aromatic heterocycles. The molecule has 7 nitrogen and oxygen atoms in total. The van der Waals surface area contributed by atoms with E-state index in [2.05, 4.69) is 10.5 Å². The van der Waals surface area contributed by atoms with E-state index in [1.165, 1.54) is 6.92 Å². The second-order valence-corrected chi connectivity index (χ2v) is 7.22. The Morgan fingerprint density at radius 2 is 2.04 bits per heavy atom. The number of nitrogens with zero attached hydrogens (tertiary/aromatic N) is 2. The Morgan fingerprint density at radius 1 is 1.23 bits per heavy atom. The van der Waals surface area contributed by atoms with Crippen LogP contribution >= 0.6 is 0 Å². The summed E-state index contributed by atoms with van der Waals surface area (Å²) in [7, 11) is 0. The number of furan rings is 1. The lowest BCUT2D eigenvalue weighted by molar-refractivity contribution is -0.119. The summed E-state index contributed by atoms with van der Waals surface area (Å²) in [4.78, 5) is 26.4. The summed E-state index contributed by atoms with van der Waals surface area (Å²) in [5, 5.41) is 7.04. The molecule has 3 heterocycles. The minimum atomic E-state index is -0.180. The van der Waals surface area contributed by atoms with Gasteiger partial charge >= 0.3 is 0 Å². The quantitative estimate of drug-likeness (QED) is 0.910. The van der Waals surface area contributed by atoms with Crippen molar-refractivity contribution in [3.05, 3.63) is 40.7 Å². The molecule has 1 saturated heterocycles. The lowest BCUT2D eigenvalue weighted by atomic mass is 9.96. The zero-order valence-electron chi connectivity index (χ0n) is 15.1. The standard InChI is InChI=1S/C19H23N3O4/c1-11-7-8-17(25-11)14-9-22(10-16(14)20-12(2)23)19(24)18-13-5-3-4-6-15(13)21-26-18/h7-8,14,16H,3-6,9-10H2,1-2H3,(H,20,23)/t14-,16-/m1/s1. The van der Waals surface area contributed by atoms with Gasteiger partial charge in [-0.15, -0.1) is 0 Å². The number of amides is 2. The SMILES string of the molecule is CC(=O)N[C@@H]1CN(C(=O)c2onc3c2CCCC3)C[C@H]1c1ccc(C)o1. The number of aryl methyl sites for hydroxylation is 2. The maximum atomic E-state index is 13.0. The van der Waals surface area contributed by atoms with Gasteiger partial charge in [-0.1, -0.05) is 5.16 Å². The van der Waals surface area contributed by atoms with Crippen LogP contribution in [-0.4, -0.2) is 41.0 Å². The summed E-state index contributed by atoms with van der Waals surface area (Å²) >= 11 is 0. The van der Waals surface area contributed by atoms with Gasteiger partial charge in [-0.05, 0) is 44.7 Å². The first kappa shape index (κ1) is 16.9. The van der Waals surface area contributed by atoms with Gasteiger partial charge in [-0.2, -0.15) is 0 Å². The van der Waals surface area contributed by atoms with Gasteiger partial charge < -0.3 is 19.2 Å². The molecule has 0 saturated carbocycles. The molecule has 0 unspecified atom stereocenters. The van der Waals surface area contributed by atoms with Crippen molar-refractivity contribution in [2.75, 3.05) is 13.1 Å². The number of likely N-dealkylation sites (tertiary alicyclic amines) is 1. The van der Waals surface area contributed by atoms with Crippen molar-refractivity contribution in [2.45, 2.75) is 51.5 Å². The van der Waals surface area contributed by atoms with Crippen molar-refractivity contribution < 1.29 is 18.5 Å². The van der Waals surface area contributed by atoms with E-state index >= 15 is 0 Å². The highest BCUT2D eigenvalue weighted by Gasteiger charge is 2.40. The number of aromatic nitrogens is 1. The smallest absolute Gasteiger partial charge is 0.292 e. The Morgan fingerprint density at radius 3 is 2.77 bits per heavy atom. The predicted molar refractivity (Wildman–Crippen MR) is 92.8 cm³/mol. The molecule has 2 atom stereocenters. The Kier molecular flexibility index (Phi) is 4.30. The van der Waals surface area contributed by atoms with Crippen molar-refractivity contribution >= 4 is 11.8 Å². The van der Waals surface area contributed by atoms with E-state index in [0.29, 0.717) is 18.8 Å². The van der Waals surface area contributed by atoms with Gasteiger partial charge in [0.2, 0.25) is 11.7 Å². The Bertz CT molecular complexity index is 838. The number of rotatable bonds is 3. The molecule has 0 spiro atoms. The Labute approximate surface area is 151 Å². The molecule has 0 aromatic carbocycles. The molecule has 0 bridgehead atoms. The van der Waals surface area contributed by atoms with Crippen molar-refractivity contribution in [3.63, 3.8) is 0 Å². The van der Waals surface area contributed by atoms with Gasteiger partial charge in [-0.25, -0.2) is 0 Å². The largest absolute Gasteiger partial charge is 0.466 e.